The van der Waals surface area contributed by atoms with Gasteiger partial charge in [0.25, 0.3) is 0 Å². The van der Waals surface area contributed by atoms with Crippen LogP contribution >= 0.6 is 0 Å². The van der Waals surface area contributed by atoms with Crippen molar-refractivity contribution in [1.29, 1.82) is 5.26 Å². The summed E-state index contributed by atoms with van der Waals surface area (Å²) in [6.45, 7) is 1.29. The van der Waals surface area contributed by atoms with Gasteiger partial charge in [-0.25, -0.2) is 14.8 Å². The predicted octanol–water partition coefficient (Wildman–Crippen LogP) is 2.26. The number of hydrogen-bond donors (Lipinski definition) is 1. The fourth-order valence-corrected chi connectivity index (χ4v) is 3.66. The van der Waals surface area contributed by atoms with E-state index in [4.69, 9.17) is 15.0 Å². The summed E-state index contributed by atoms with van der Waals surface area (Å²) < 4.78 is 9.00. The SMILES string of the molecule is N#Cc1ccc2ncc(-c3ccc4[nH]c(=O)n(C5CCOCC5)c4n3)n2c1. The molecule has 0 aliphatic carbocycles. The molecule has 0 atom stereocenters. The fourth-order valence-electron chi connectivity index (χ4n) is 3.66. The van der Waals surface area contributed by atoms with Gasteiger partial charge in [0, 0.05) is 25.5 Å². The minimum atomic E-state index is -0.147. The van der Waals surface area contributed by atoms with Crippen LogP contribution in [0.2, 0.25) is 0 Å². The molecular weight excluding hydrogens is 344 g/mol. The number of pyridine rings is 2. The Hall–Kier alpha value is -3.44. The van der Waals surface area contributed by atoms with Crippen molar-refractivity contribution in [3.63, 3.8) is 0 Å². The van der Waals surface area contributed by atoms with Gasteiger partial charge >= 0.3 is 5.69 Å². The Morgan fingerprint density at radius 3 is 2.89 bits per heavy atom. The lowest BCUT2D eigenvalue weighted by molar-refractivity contribution is 0.0697. The number of ether oxygens (including phenoxy) is 1. The molecule has 1 saturated heterocycles. The van der Waals surface area contributed by atoms with Crippen LogP contribution < -0.4 is 5.69 Å². The van der Waals surface area contributed by atoms with E-state index in [9.17, 15) is 4.79 Å². The second kappa shape index (κ2) is 6.07. The minimum absolute atomic E-state index is 0.0788. The second-order valence-corrected chi connectivity index (χ2v) is 6.61. The number of aromatic nitrogens is 5. The molecule has 0 amide bonds. The molecular formula is C19H16N6O2. The zero-order valence-electron chi connectivity index (χ0n) is 14.4. The van der Waals surface area contributed by atoms with Gasteiger partial charge in [0.1, 0.15) is 11.7 Å². The lowest BCUT2D eigenvalue weighted by Gasteiger charge is -2.22. The number of hydrogen-bond acceptors (Lipinski definition) is 5. The van der Waals surface area contributed by atoms with E-state index in [0.29, 0.717) is 35.6 Å². The average molecular weight is 360 g/mol. The smallest absolute Gasteiger partial charge is 0.327 e. The van der Waals surface area contributed by atoms with Gasteiger partial charge in [-0.1, -0.05) is 0 Å². The number of imidazole rings is 2. The lowest BCUT2D eigenvalue weighted by Crippen LogP contribution is -2.27. The van der Waals surface area contributed by atoms with Crippen LogP contribution in [0.25, 0.3) is 28.2 Å². The zero-order valence-corrected chi connectivity index (χ0v) is 14.4. The molecule has 4 aromatic rings. The van der Waals surface area contributed by atoms with Gasteiger partial charge in [-0.15, -0.1) is 0 Å². The van der Waals surface area contributed by atoms with Crippen LogP contribution in [-0.4, -0.2) is 37.1 Å². The van der Waals surface area contributed by atoms with Crippen molar-refractivity contribution < 1.29 is 4.74 Å². The highest BCUT2D eigenvalue weighted by molar-refractivity contribution is 5.75. The average Bonchev–Trinajstić information content (AvgIpc) is 3.27. The number of fused-ring (bicyclic) bond motifs is 2. The van der Waals surface area contributed by atoms with Crippen molar-refractivity contribution >= 4 is 16.8 Å². The van der Waals surface area contributed by atoms with Gasteiger partial charge in [-0.2, -0.15) is 5.26 Å². The second-order valence-electron chi connectivity index (χ2n) is 6.61. The fraction of sp³-hybridized carbons (Fsp3) is 0.263. The molecule has 134 valence electrons. The Kier molecular flexibility index (Phi) is 3.55. The number of aromatic amines is 1. The number of nitriles is 1. The van der Waals surface area contributed by atoms with Crippen LogP contribution in [0.4, 0.5) is 0 Å². The van der Waals surface area contributed by atoms with Crippen LogP contribution in [0.15, 0.2) is 41.5 Å². The summed E-state index contributed by atoms with van der Waals surface area (Å²) in [4.78, 5) is 24.6. The molecule has 0 saturated carbocycles. The maximum absolute atomic E-state index is 12.5. The van der Waals surface area contributed by atoms with E-state index in [-0.39, 0.29) is 11.7 Å². The molecule has 27 heavy (non-hydrogen) atoms. The van der Waals surface area contributed by atoms with Crippen molar-refractivity contribution in [1.82, 2.24) is 23.9 Å². The molecule has 0 aromatic carbocycles. The largest absolute Gasteiger partial charge is 0.381 e. The van der Waals surface area contributed by atoms with Crippen molar-refractivity contribution in [2.24, 2.45) is 0 Å². The molecule has 0 radical (unpaired) electrons. The number of H-pyrrole nitrogens is 1. The third kappa shape index (κ3) is 2.52. The number of rotatable bonds is 2. The van der Waals surface area contributed by atoms with Crippen molar-refractivity contribution in [3.05, 3.63) is 52.7 Å². The minimum Gasteiger partial charge on any atom is -0.381 e. The Labute approximate surface area is 153 Å². The Balaban J connectivity index is 1.69. The summed E-state index contributed by atoms with van der Waals surface area (Å²) in [6.07, 6.45) is 5.06. The van der Waals surface area contributed by atoms with Gasteiger partial charge in [-0.3, -0.25) is 8.97 Å². The molecule has 1 N–H and O–H groups in total. The summed E-state index contributed by atoms with van der Waals surface area (Å²) in [5.41, 5.74) is 3.95. The van der Waals surface area contributed by atoms with Gasteiger partial charge < -0.3 is 9.72 Å². The van der Waals surface area contributed by atoms with E-state index in [1.807, 2.05) is 16.5 Å². The van der Waals surface area contributed by atoms with Crippen LogP contribution in [-0.2, 0) is 4.74 Å². The summed E-state index contributed by atoms with van der Waals surface area (Å²) in [5.74, 6) is 0. The van der Waals surface area contributed by atoms with Crippen molar-refractivity contribution in [2.45, 2.75) is 18.9 Å². The third-order valence-electron chi connectivity index (χ3n) is 5.02. The van der Waals surface area contributed by atoms with Crippen LogP contribution in [0, 0.1) is 11.3 Å². The summed E-state index contributed by atoms with van der Waals surface area (Å²) >= 11 is 0. The lowest BCUT2D eigenvalue weighted by atomic mass is 10.1. The molecule has 8 nitrogen and oxygen atoms in total. The number of nitrogens with one attached hydrogen (secondary N) is 1. The zero-order chi connectivity index (χ0) is 18.4. The highest BCUT2D eigenvalue weighted by atomic mass is 16.5. The van der Waals surface area contributed by atoms with Crippen molar-refractivity contribution in [2.75, 3.05) is 13.2 Å². The van der Waals surface area contributed by atoms with E-state index >= 15 is 0 Å². The summed E-state index contributed by atoms with van der Waals surface area (Å²) in [7, 11) is 0. The maximum atomic E-state index is 12.5. The highest BCUT2D eigenvalue weighted by Gasteiger charge is 2.21. The molecule has 1 aliphatic rings. The van der Waals surface area contributed by atoms with E-state index < -0.39 is 0 Å². The third-order valence-corrected chi connectivity index (χ3v) is 5.02. The van der Waals surface area contributed by atoms with E-state index in [2.05, 4.69) is 16.0 Å². The molecule has 1 aliphatic heterocycles. The van der Waals surface area contributed by atoms with Gasteiger partial charge in [-0.05, 0) is 37.1 Å². The molecule has 4 aromatic heterocycles. The Bertz CT molecular complexity index is 1250. The predicted molar refractivity (Wildman–Crippen MR) is 98.3 cm³/mol. The standard InChI is InChI=1S/C19H16N6O2/c20-9-12-1-4-17-21-10-16(24(17)11-12)14-2-3-15-18(22-14)25(19(26)23-15)13-5-7-27-8-6-13/h1-4,10-11,13H,5-8H2,(H,23,26). The Morgan fingerprint density at radius 2 is 2.07 bits per heavy atom. The first-order valence-electron chi connectivity index (χ1n) is 8.81. The first-order valence-corrected chi connectivity index (χ1v) is 8.81. The quantitative estimate of drug-likeness (QED) is 0.591. The first kappa shape index (κ1) is 15.8. The Morgan fingerprint density at radius 1 is 1.22 bits per heavy atom. The van der Waals surface area contributed by atoms with E-state index in [0.717, 1.165) is 24.2 Å². The molecule has 8 heteroatoms. The molecule has 1 fully saturated rings. The summed E-state index contributed by atoms with van der Waals surface area (Å²) in [5, 5.41) is 9.17. The maximum Gasteiger partial charge on any atom is 0.327 e. The van der Waals surface area contributed by atoms with Crippen LogP contribution in [0.5, 0.6) is 0 Å². The van der Waals surface area contributed by atoms with Gasteiger partial charge in [0.05, 0.1) is 28.7 Å². The van der Waals surface area contributed by atoms with Gasteiger partial charge in [0.15, 0.2) is 5.65 Å². The number of nitrogens with zero attached hydrogens (tertiary/aromatic N) is 5. The highest BCUT2D eigenvalue weighted by Crippen LogP contribution is 2.25. The summed E-state index contributed by atoms with van der Waals surface area (Å²) in [6, 6.07) is 9.47. The van der Waals surface area contributed by atoms with Gasteiger partial charge in [0.2, 0.25) is 0 Å². The molecule has 0 spiro atoms. The van der Waals surface area contributed by atoms with Crippen LogP contribution in [0.1, 0.15) is 24.4 Å². The molecule has 0 bridgehead atoms. The first-order chi connectivity index (χ1) is 13.2. The van der Waals surface area contributed by atoms with Crippen LogP contribution in [0.3, 0.4) is 0 Å². The normalized spacial score (nSPS) is 15.4. The van der Waals surface area contributed by atoms with E-state index in [1.54, 1.807) is 29.1 Å². The van der Waals surface area contributed by atoms with E-state index in [1.165, 1.54) is 0 Å². The molecule has 5 rings (SSSR count). The van der Waals surface area contributed by atoms with Crippen molar-refractivity contribution in [3.8, 4) is 17.5 Å². The monoisotopic (exact) mass is 360 g/mol. The topological polar surface area (TPSA) is 101 Å². The molecule has 0 unspecified atom stereocenters. The molecule has 5 heterocycles.